The van der Waals surface area contributed by atoms with Gasteiger partial charge in [0.25, 0.3) is 0 Å². The minimum Gasteiger partial charge on any atom is -0.624 e. The third kappa shape index (κ3) is 4.47. The highest BCUT2D eigenvalue weighted by Crippen LogP contribution is 2.39. The van der Waals surface area contributed by atoms with E-state index in [0.29, 0.717) is 12.6 Å². The lowest BCUT2D eigenvalue weighted by atomic mass is 9.80. The number of hydrogen-bond donors (Lipinski definition) is 0. The molecule has 1 aliphatic heterocycles. The van der Waals surface area contributed by atoms with E-state index >= 15 is 0 Å². The van der Waals surface area contributed by atoms with E-state index in [-0.39, 0.29) is 11.1 Å². The third-order valence-corrected chi connectivity index (χ3v) is 5.70. The van der Waals surface area contributed by atoms with Crippen LogP contribution in [0.1, 0.15) is 78.2 Å². The minimum absolute atomic E-state index is 0.187. The molecule has 0 atom stereocenters. The molecule has 0 N–H and O–H groups in total. The maximum Gasteiger partial charge on any atom is 0.178 e. The van der Waals surface area contributed by atoms with Gasteiger partial charge in [-0.1, -0.05) is 49.6 Å². The predicted octanol–water partition coefficient (Wildman–Crippen LogP) is 5.06. The van der Waals surface area contributed by atoms with Gasteiger partial charge < -0.3 is 5.21 Å². The lowest BCUT2D eigenvalue weighted by molar-refractivity contribution is -0.480. The first kappa shape index (κ1) is 19.4. The fourth-order valence-electron chi connectivity index (χ4n) is 4.67. The molecule has 1 aromatic rings. The van der Waals surface area contributed by atoms with Gasteiger partial charge in [-0.05, 0) is 40.5 Å². The zero-order chi connectivity index (χ0) is 18.8. The first-order valence-electron chi connectivity index (χ1n) is 10.1. The molecule has 0 radical (unpaired) electrons. The smallest absolute Gasteiger partial charge is 0.178 e. The van der Waals surface area contributed by atoms with Gasteiger partial charge in [-0.2, -0.15) is 5.06 Å². The molecule has 4 nitrogen and oxygen atoms in total. The Morgan fingerprint density at radius 3 is 2.15 bits per heavy atom. The van der Waals surface area contributed by atoms with Crippen LogP contribution in [0.25, 0.3) is 0 Å². The Kier molecular flexibility index (Phi) is 5.73. The van der Waals surface area contributed by atoms with Crippen LogP contribution >= 0.6 is 0 Å². The molecule has 2 fully saturated rings. The number of hydroxylamine groups is 3. The normalized spacial score (nSPS) is 23.8. The highest BCUT2D eigenvalue weighted by Gasteiger charge is 2.48. The Morgan fingerprint density at radius 2 is 1.58 bits per heavy atom. The van der Waals surface area contributed by atoms with Crippen molar-refractivity contribution < 1.29 is 9.58 Å². The lowest BCUT2D eigenvalue weighted by Gasteiger charge is -2.52. The molecule has 0 aromatic heterocycles. The van der Waals surface area contributed by atoms with Crippen molar-refractivity contribution in [3.63, 3.8) is 0 Å². The zero-order valence-corrected chi connectivity index (χ0v) is 16.8. The summed E-state index contributed by atoms with van der Waals surface area (Å²) in [6, 6.07) is 10.00. The third-order valence-electron chi connectivity index (χ3n) is 5.70. The SMILES string of the molecule is CC1(C)CC(=[N+]([O-])Cc2ccccc2)CC(C)(C)N1OC1CCCCC1. The fourth-order valence-corrected chi connectivity index (χ4v) is 4.67. The molecule has 1 saturated carbocycles. The molecule has 1 heterocycles. The molecule has 0 bridgehead atoms. The van der Waals surface area contributed by atoms with E-state index in [1.54, 1.807) is 0 Å². The molecular formula is C22H34N2O2. The van der Waals surface area contributed by atoms with Crippen LogP contribution in [0.3, 0.4) is 0 Å². The van der Waals surface area contributed by atoms with Crippen molar-refractivity contribution >= 4 is 5.71 Å². The highest BCUT2D eigenvalue weighted by molar-refractivity contribution is 5.83. The van der Waals surface area contributed by atoms with Crippen molar-refractivity contribution in [2.24, 2.45) is 0 Å². The van der Waals surface area contributed by atoms with E-state index in [4.69, 9.17) is 4.84 Å². The Balaban J connectivity index is 1.76. The number of hydrogen-bond acceptors (Lipinski definition) is 3. The molecule has 3 rings (SSSR count). The van der Waals surface area contributed by atoms with Crippen LogP contribution in [0, 0.1) is 5.21 Å². The number of nitrogens with zero attached hydrogens (tertiary/aromatic N) is 2. The standard InChI is InChI=1S/C22H34N2O2/c1-21(2)15-19(23(25)17-18-11-7-5-8-12-18)16-22(3,4)24(21)26-20-13-9-6-10-14-20/h5,7-8,11-12,20H,6,9-10,13-17H2,1-4H3. The second-order valence-corrected chi connectivity index (χ2v) is 9.23. The summed E-state index contributed by atoms with van der Waals surface area (Å²) in [5.41, 5.74) is 1.67. The number of piperidine rings is 1. The van der Waals surface area contributed by atoms with E-state index in [2.05, 4.69) is 32.8 Å². The molecular weight excluding hydrogens is 324 g/mol. The summed E-state index contributed by atoms with van der Waals surface area (Å²) in [4.78, 5) is 6.51. The van der Waals surface area contributed by atoms with Crippen LogP contribution in [-0.2, 0) is 11.4 Å². The van der Waals surface area contributed by atoms with E-state index in [0.717, 1.165) is 37.0 Å². The quantitative estimate of drug-likeness (QED) is 0.429. The summed E-state index contributed by atoms with van der Waals surface area (Å²) in [5.74, 6) is 0. The van der Waals surface area contributed by atoms with Gasteiger partial charge in [-0.25, -0.2) is 4.74 Å². The fraction of sp³-hybridized carbons (Fsp3) is 0.682. The van der Waals surface area contributed by atoms with E-state index < -0.39 is 0 Å². The Morgan fingerprint density at radius 1 is 1.00 bits per heavy atom. The number of benzene rings is 1. The van der Waals surface area contributed by atoms with Gasteiger partial charge in [-0.3, -0.25) is 4.84 Å². The lowest BCUT2D eigenvalue weighted by Crippen LogP contribution is -2.62. The largest absolute Gasteiger partial charge is 0.624 e. The monoisotopic (exact) mass is 358 g/mol. The van der Waals surface area contributed by atoms with E-state index in [9.17, 15) is 5.21 Å². The first-order valence-corrected chi connectivity index (χ1v) is 10.1. The van der Waals surface area contributed by atoms with Crippen LogP contribution in [0.15, 0.2) is 30.3 Å². The van der Waals surface area contributed by atoms with Gasteiger partial charge in [0.1, 0.15) is 0 Å². The predicted molar refractivity (Wildman–Crippen MR) is 106 cm³/mol. The van der Waals surface area contributed by atoms with E-state index in [1.807, 2.05) is 30.3 Å². The van der Waals surface area contributed by atoms with Crippen molar-refractivity contribution in [2.45, 2.75) is 96.4 Å². The topological polar surface area (TPSA) is 38.5 Å². The van der Waals surface area contributed by atoms with Gasteiger partial charge in [0.15, 0.2) is 12.3 Å². The molecule has 26 heavy (non-hydrogen) atoms. The molecule has 0 unspecified atom stereocenters. The van der Waals surface area contributed by atoms with Gasteiger partial charge >= 0.3 is 0 Å². The Labute approximate surface area is 158 Å². The average Bonchev–Trinajstić information content (AvgIpc) is 2.59. The van der Waals surface area contributed by atoms with Crippen LogP contribution in [0.4, 0.5) is 0 Å². The van der Waals surface area contributed by atoms with Crippen molar-refractivity contribution in [1.29, 1.82) is 0 Å². The summed E-state index contributed by atoms with van der Waals surface area (Å²) in [6.45, 7) is 9.23. The van der Waals surface area contributed by atoms with Crippen LogP contribution in [0.5, 0.6) is 0 Å². The van der Waals surface area contributed by atoms with Crippen molar-refractivity contribution in [3.8, 4) is 0 Å². The molecule has 1 aromatic carbocycles. The molecule has 0 spiro atoms. The second-order valence-electron chi connectivity index (χ2n) is 9.23. The zero-order valence-electron chi connectivity index (χ0n) is 16.8. The Bertz CT molecular complexity index is 611. The van der Waals surface area contributed by atoms with Gasteiger partial charge in [0, 0.05) is 18.4 Å². The van der Waals surface area contributed by atoms with Crippen LogP contribution < -0.4 is 0 Å². The van der Waals surface area contributed by atoms with Crippen molar-refractivity contribution in [2.75, 3.05) is 0 Å². The van der Waals surface area contributed by atoms with Crippen molar-refractivity contribution in [1.82, 2.24) is 5.06 Å². The summed E-state index contributed by atoms with van der Waals surface area (Å²) in [5, 5.41) is 15.1. The molecule has 4 heteroatoms. The van der Waals surface area contributed by atoms with E-state index in [1.165, 1.54) is 24.0 Å². The summed E-state index contributed by atoms with van der Waals surface area (Å²) < 4.78 is 1.21. The Hall–Kier alpha value is -1.39. The van der Waals surface area contributed by atoms with Crippen LogP contribution in [0.2, 0.25) is 0 Å². The molecule has 2 aliphatic rings. The van der Waals surface area contributed by atoms with Gasteiger partial charge in [0.05, 0.1) is 17.2 Å². The average molecular weight is 359 g/mol. The molecule has 1 aliphatic carbocycles. The summed E-state index contributed by atoms with van der Waals surface area (Å²) in [7, 11) is 0. The minimum atomic E-state index is -0.187. The second kappa shape index (κ2) is 7.69. The summed E-state index contributed by atoms with van der Waals surface area (Å²) in [6.07, 6.45) is 8.00. The maximum atomic E-state index is 12.9. The molecule has 1 saturated heterocycles. The maximum absolute atomic E-state index is 12.9. The van der Waals surface area contributed by atoms with Crippen molar-refractivity contribution in [3.05, 3.63) is 41.1 Å². The van der Waals surface area contributed by atoms with Gasteiger partial charge in [0.2, 0.25) is 0 Å². The summed E-state index contributed by atoms with van der Waals surface area (Å²) >= 11 is 0. The number of rotatable bonds is 4. The van der Waals surface area contributed by atoms with Gasteiger partial charge in [-0.15, -0.1) is 0 Å². The molecule has 144 valence electrons. The molecule has 0 amide bonds. The highest BCUT2D eigenvalue weighted by atomic mass is 16.7. The van der Waals surface area contributed by atoms with Crippen LogP contribution in [-0.4, -0.2) is 32.7 Å². The first-order chi connectivity index (χ1) is 12.3.